The van der Waals surface area contributed by atoms with E-state index in [4.69, 9.17) is 10.5 Å². The molecule has 0 saturated heterocycles. The molecule has 0 unspecified atom stereocenters. The van der Waals surface area contributed by atoms with E-state index in [1.165, 1.54) is 11.1 Å². The smallest absolute Gasteiger partial charge is 0.180 e. The summed E-state index contributed by atoms with van der Waals surface area (Å²) in [5.74, 6) is 2.14. The highest BCUT2D eigenvalue weighted by atomic mass is 16.5. The summed E-state index contributed by atoms with van der Waals surface area (Å²) in [7, 11) is 1.68. The number of fused-ring (bicyclic) bond motifs is 2. The van der Waals surface area contributed by atoms with Gasteiger partial charge in [0.05, 0.1) is 12.6 Å². The lowest BCUT2D eigenvalue weighted by atomic mass is 10.1. The number of H-pyrrole nitrogens is 2. The van der Waals surface area contributed by atoms with E-state index in [-0.39, 0.29) is 0 Å². The van der Waals surface area contributed by atoms with Crippen LogP contribution >= 0.6 is 0 Å². The van der Waals surface area contributed by atoms with Crippen LogP contribution in [0.4, 0.5) is 5.82 Å². The van der Waals surface area contributed by atoms with E-state index in [2.05, 4.69) is 61.7 Å². The van der Waals surface area contributed by atoms with Gasteiger partial charge in [0.25, 0.3) is 0 Å². The van der Waals surface area contributed by atoms with Gasteiger partial charge in [-0.1, -0.05) is 18.2 Å². The first-order chi connectivity index (χ1) is 15.1. The van der Waals surface area contributed by atoms with Crippen LogP contribution in [0.25, 0.3) is 33.3 Å². The molecule has 0 atom stereocenters. The summed E-state index contributed by atoms with van der Waals surface area (Å²) in [6.45, 7) is 3.50. The second kappa shape index (κ2) is 7.77. The number of nitrogens with zero attached hydrogens (tertiary/aromatic N) is 2. The molecule has 2 aromatic carbocycles. The highest BCUT2D eigenvalue weighted by Crippen LogP contribution is 2.30. The number of aromatic amines is 2. The van der Waals surface area contributed by atoms with Crippen molar-refractivity contribution in [2.45, 2.75) is 20.0 Å². The standard InChI is InChI=1S/C24H24N6O/c1-14-27-23-19(11-22(25)30-24(23)28-14)21-10-17-9-16(5-8-20(17)29-21)13-26-12-15-3-6-18(31-2)7-4-15/h3-11,26,29H,12-13H2,1-2H3,(H3,25,27,28,30). The summed E-state index contributed by atoms with van der Waals surface area (Å²) in [5, 5.41) is 4.66. The molecular weight excluding hydrogens is 388 g/mol. The van der Waals surface area contributed by atoms with E-state index in [1.807, 2.05) is 25.1 Å². The number of aryl methyl sites for hydroxylation is 1. The molecule has 0 aliphatic rings. The van der Waals surface area contributed by atoms with E-state index in [1.54, 1.807) is 7.11 Å². The minimum Gasteiger partial charge on any atom is -0.497 e. The lowest BCUT2D eigenvalue weighted by Crippen LogP contribution is -2.12. The average molecular weight is 412 g/mol. The van der Waals surface area contributed by atoms with Crippen molar-refractivity contribution in [2.75, 3.05) is 12.8 Å². The molecule has 3 heterocycles. The number of aromatic nitrogens is 4. The van der Waals surface area contributed by atoms with E-state index in [0.717, 1.165) is 52.3 Å². The molecule has 5 aromatic rings. The molecule has 0 amide bonds. The number of anilines is 1. The van der Waals surface area contributed by atoms with Crippen molar-refractivity contribution in [2.24, 2.45) is 0 Å². The van der Waals surface area contributed by atoms with Gasteiger partial charge in [-0.05, 0) is 54.4 Å². The maximum absolute atomic E-state index is 6.01. The van der Waals surface area contributed by atoms with E-state index >= 15 is 0 Å². The van der Waals surface area contributed by atoms with Crippen molar-refractivity contribution in [3.05, 3.63) is 71.5 Å². The van der Waals surface area contributed by atoms with Gasteiger partial charge in [-0.2, -0.15) is 0 Å². The molecule has 31 heavy (non-hydrogen) atoms. The number of benzene rings is 2. The first-order valence-corrected chi connectivity index (χ1v) is 10.2. The largest absolute Gasteiger partial charge is 0.497 e. The van der Waals surface area contributed by atoms with Gasteiger partial charge in [0.15, 0.2) is 5.65 Å². The molecule has 5 rings (SSSR count). The fourth-order valence-electron chi connectivity index (χ4n) is 3.87. The molecule has 7 nitrogen and oxygen atoms in total. The molecule has 5 N–H and O–H groups in total. The maximum atomic E-state index is 6.01. The third-order valence-electron chi connectivity index (χ3n) is 5.39. The highest BCUT2D eigenvalue weighted by molar-refractivity contribution is 5.95. The number of ether oxygens (including phenoxy) is 1. The van der Waals surface area contributed by atoms with Crippen LogP contribution in [0.5, 0.6) is 5.75 Å². The molecule has 7 heteroatoms. The van der Waals surface area contributed by atoms with Crippen molar-refractivity contribution in [3.63, 3.8) is 0 Å². The van der Waals surface area contributed by atoms with E-state index in [9.17, 15) is 0 Å². The lowest BCUT2D eigenvalue weighted by Gasteiger charge is -2.06. The van der Waals surface area contributed by atoms with Crippen molar-refractivity contribution in [1.29, 1.82) is 0 Å². The lowest BCUT2D eigenvalue weighted by molar-refractivity contribution is 0.414. The Kier molecular flexibility index (Phi) is 4.80. The predicted octanol–water partition coefficient (Wildman–Crippen LogP) is 4.30. The molecule has 0 bridgehead atoms. The van der Waals surface area contributed by atoms with Crippen molar-refractivity contribution < 1.29 is 4.74 Å². The first kappa shape index (κ1) is 19.1. The Morgan fingerprint density at radius 3 is 2.52 bits per heavy atom. The van der Waals surface area contributed by atoms with Gasteiger partial charge in [-0.3, -0.25) is 0 Å². The summed E-state index contributed by atoms with van der Waals surface area (Å²) in [6.07, 6.45) is 0. The minimum absolute atomic E-state index is 0.455. The summed E-state index contributed by atoms with van der Waals surface area (Å²) in [6, 6.07) is 18.6. The van der Waals surface area contributed by atoms with Gasteiger partial charge in [0, 0.05) is 35.2 Å². The molecule has 0 aliphatic heterocycles. The average Bonchev–Trinajstić information content (AvgIpc) is 3.35. The van der Waals surface area contributed by atoms with Gasteiger partial charge >= 0.3 is 0 Å². The van der Waals surface area contributed by atoms with Gasteiger partial charge in [0.1, 0.15) is 17.4 Å². The Hall–Kier alpha value is -3.84. The Labute approximate surface area is 179 Å². The third kappa shape index (κ3) is 3.83. The second-order valence-corrected chi connectivity index (χ2v) is 7.67. The number of hydrogen-bond acceptors (Lipinski definition) is 5. The Morgan fingerprint density at radius 1 is 0.935 bits per heavy atom. The Bertz CT molecular complexity index is 1370. The number of hydrogen-bond donors (Lipinski definition) is 4. The molecule has 0 radical (unpaired) electrons. The molecule has 0 spiro atoms. The van der Waals surface area contributed by atoms with Gasteiger partial charge in [-0.15, -0.1) is 0 Å². The van der Waals surface area contributed by atoms with Crippen LogP contribution < -0.4 is 15.8 Å². The van der Waals surface area contributed by atoms with Crippen molar-refractivity contribution >= 4 is 27.9 Å². The van der Waals surface area contributed by atoms with Crippen molar-refractivity contribution in [1.82, 2.24) is 25.3 Å². The number of pyridine rings is 1. The number of imidazole rings is 1. The number of nitrogens with one attached hydrogen (secondary N) is 3. The fraction of sp³-hybridized carbons (Fsp3) is 0.167. The molecule has 3 aromatic heterocycles. The normalized spacial score (nSPS) is 11.4. The van der Waals surface area contributed by atoms with Crippen LogP contribution in [0.15, 0.2) is 54.6 Å². The van der Waals surface area contributed by atoms with Gasteiger partial charge < -0.3 is 25.8 Å². The zero-order chi connectivity index (χ0) is 21.4. The highest BCUT2D eigenvalue weighted by Gasteiger charge is 2.13. The van der Waals surface area contributed by atoms with E-state index in [0.29, 0.717) is 11.5 Å². The van der Waals surface area contributed by atoms with Crippen LogP contribution in [-0.4, -0.2) is 27.0 Å². The van der Waals surface area contributed by atoms with Crippen LogP contribution in [0.2, 0.25) is 0 Å². The van der Waals surface area contributed by atoms with Crippen LogP contribution in [0.3, 0.4) is 0 Å². The third-order valence-corrected chi connectivity index (χ3v) is 5.39. The van der Waals surface area contributed by atoms with Crippen LogP contribution in [-0.2, 0) is 13.1 Å². The molecule has 0 fully saturated rings. The first-order valence-electron chi connectivity index (χ1n) is 10.2. The topological polar surface area (TPSA) is 105 Å². The van der Waals surface area contributed by atoms with Crippen LogP contribution in [0, 0.1) is 6.92 Å². The monoisotopic (exact) mass is 412 g/mol. The zero-order valence-electron chi connectivity index (χ0n) is 17.5. The summed E-state index contributed by atoms with van der Waals surface area (Å²) in [5.41, 5.74) is 13.0. The molecule has 0 saturated carbocycles. The summed E-state index contributed by atoms with van der Waals surface area (Å²) >= 11 is 0. The Morgan fingerprint density at radius 2 is 1.71 bits per heavy atom. The van der Waals surface area contributed by atoms with Gasteiger partial charge in [0.2, 0.25) is 0 Å². The number of nitrogens with two attached hydrogens (primary N) is 1. The number of rotatable bonds is 6. The quantitative estimate of drug-likeness (QED) is 0.333. The summed E-state index contributed by atoms with van der Waals surface area (Å²) < 4.78 is 5.21. The molecular formula is C24H24N6O. The maximum Gasteiger partial charge on any atom is 0.180 e. The SMILES string of the molecule is COc1ccc(CNCc2ccc3[nH]c(-c4cc(N)nc5nc(C)[nH]c45)cc3c2)cc1. The van der Waals surface area contributed by atoms with Crippen molar-refractivity contribution in [3.8, 4) is 17.0 Å². The predicted molar refractivity (Wildman–Crippen MR) is 124 cm³/mol. The minimum atomic E-state index is 0.455. The fourth-order valence-corrected chi connectivity index (χ4v) is 3.87. The number of nitrogen functional groups attached to an aromatic ring is 1. The molecule has 0 aliphatic carbocycles. The second-order valence-electron chi connectivity index (χ2n) is 7.67. The van der Waals surface area contributed by atoms with E-state index < -0.39 is 0 Å². The molecule has 156 valence electrons. The zero-order valence-corrected chi connectivity index (χ0v) is 17.5. The summed E-state index contributed by atoms with van der Waals surface area (Å²) in [4.78, 5) is 15.5. The van der Waals surface area contributed by atoms with Crippen LogP contribution in [0.1, 0.15) is 17.0 Å². The van der Waals surface area contributed by atoms with Gasteiger partial charge in [-0.25, -0.2) is 9.97 Å². The Balaban J connectivity index is 1.37. The number of methoxy groups -OCH3 is 1.